The van der Waals surface area contributed by atoms with Crippen molar-refractivity contribution in [2.45, 2.75) is 38.8 Å². The maximum Gasteiger partial charge on any atom is 0.222 e. The second-order valence-corrected chi connectivity index (χ2v) is 5.50. The first kappa shape index (κ1) is 13.1. The van der Waals surface area contributed by atoms with Gasteiger partial charge in [0.2, 0.25) is 5.91 Å². The lowest BCUT2D eigenvalue weighted by Crippen LogP contribution is -2.55. The molecule has 5 nitrogen and oxygen atoms in total. The van der Waals surface area contributed by atoms with E-state index in [1.807, 2.05) is 19.3 Å². The number of nitrogens with two attached hydrogens (primary N) is 1. The number of hydrogen-bond donors (Lipinski definition) is 2. The van der Waals surface area contributed by atoms with E-state index in [2.05, 4.69) is 24.3 Å². The van der Waals surface area contributed by atoms with Gasteiger partial charge in [0.15, 0.2) is 0 Å². The molecule has 1 amide bonds. The summed E-state index contributed by atoms with van der Waals surface area (Å²) in [6.45, 7) is 4.26. The summed E-state index contributed by atoms with van der Waals surface area (Å²) in [5, 5.41) is 7.86. The number of amides is 1. The van der Waals surface area contributed by atoms with Crippen LogP contribution >= 0.6 is 0 Å². The van der Waals surface area contributed by atoms with Crippen LogP contribution in [0.2, 0.25) is 0 Å². The van der Waals surface area contributed by atoms with Crippen LogP contribution in [0.15, 0.2) is 12.3 Å². The second-order valence-electron chi connectivity index (χ2n) is 5.50. The van der Waals surface area contributed by atoms with Crippen molar-refractivity contribution < 1.29 is 4.79 Å². The fourth-order valence-corrected chi connectivity index (χ4v) is 3.10. The summed E-state index contributed by atoms with van der Waals surface area (Å²) in [6.07, 6.45) is 3.67. The van der Waals surface area contributed by atoms with E-state index in [0.717, 1.165) is 18.5 Å². The first-order valence-corrected chi connectivity index (χ1v) is 6.51. The van der Waals surface area contributed by atoms with Crippen LogP contribution in [0, 0.1) is 11.8 Å². The number of rotatable bonds is 3. The van der Waals surface area contributed by atoms with E-state index in [1.165, 1.54) is 0 Å². The summed E-state index contributed by atoms with van der Waals surface area (Å²) in [5.41, 5.74) is 6.55. The van der Waals surface area contributed by atoms with Gasteiger partial charge in [0.05, 0.1) is 11.6 Å². The molecule has 4 unspecified atom stereocenters. The second kappa shape index (κ2) is 5.10. The standard InChI is InChI=1S/C13H22N4O/c1-8-6-9(2)15-11(12(8)13(14)18)7-10-4-5-17(3)16-10/h4-5,8-9,11-12,15H,6-7H2,1-3H3,(H2,14,18). The van der Waals surface area contributed by atoms with Gasteiger partial charge < -0.3 is 11.1 Å². The molecular weight excluding hydrogens is 228 g/mol. The summed E-state index contributed by atoms with van der Waals surface area (Å²) in [6, 6.07) is 2.50. The fraction of sp³-hybridized carbons (Fsp3) is 0.692. The van der Waals surface area contributed by atoms with Gasteiger partial charge in [-0.25, -0.2) is 0 Å². The topological polar surface area (TPSA) is 72.9 Å². The third-order valence-electron chi connectivity index (χ3n) is 3.80. The molecule has 2 heterocycles. The van der Waals surface area contributed by atoms with Crippen LogP contribution in [0.4, 0.5) is 0 Å². The molecule has 1 aromatic heterocycles. The van der Waals surface area contributed by atoms with Crippen LogP contribution in [0.1, 0.15) is 26.0 Å². The monoisotopic (exact) mass is 250 g/mol. The van der Waals surface area contributed by atoms with Gasteiger partial charge in [0.1, 0.15) is 0 Å². The number of aryl methyl sites for hydroxylation is 1. The van der Waals surface area contributed by atoms with Crippen LogP contribution < -0.4 is 11.1 Å². The summed E-state index contributed by atoms with van der Waals surface area (Å²) < 4.78 is 1.78. The number of aromatic nitrogens is 2. The minimum absolute atomic E-state index is 0.0937. The molecule has 1 aliphatic rings. The maximum atomic E-state index is 11.6. The fourth-order valence-electron chi connectivity index (χ4n) is 3.10. The Bertz CT molecular complexity index is 428. The Morgan fingerprint density at radius 3 is 2.89 bits per heavy atom. The van der Waals surface area contributed by atoms with Crippen LogP contribution in [0.25, 0.3) is 0 Å². The lowest BCUT2D eigenvalue weighted by molar-refractivity contribution is -0.125. The molecule has 0 aromatic carbocycles. The first-order chi connectivity index (χ1) is 8.47. The molecule has 1 aromatic rings. The van der Waals surface area contributed by atoms with Crippen molar-refractivity contribution in [1.82, 2.24) is 15.1 Å². The van der Waals surface area contributed by atoms with Crippen LogP contribution in [-0.4, -0.2) is 27.8 Å². The molecule has 0 bridgehead atoms. The lowest BCUT2D eigenvalue weighted by Gasteiger charge is -2.38. The molecule has 3 N–H and O–H groups in total. The van der Waals surface area contributed by atoms with E-state index in [9.17, 15) is 4.79 Å². The molecule has 2 rings (SSSR count). The molecule has 4 atom stereocenters. The highest BCUT2D eigenvalue weighted by Gasteiger charge is 2.37. The predicted octanol–water partition coefficient (Wildman–Crippen LogP) is 0.451. The van der Waals surface area contributed by atoms with Crippen LogP contribution in [0.3, 0.4) is 0 Å². The molecule has 0 aliphatic carbocycles. The largest absolute Gasteiger partial charge is 0.369 e. The van der Waals surface area contributed by atoms with Crippen molar-refractivity contribution in [3.05, 3.63) is 18.0 Å². The molecule has 1 fully saturated rings. The summed E-state index contributed by atoms with van der Waals surface area (Å²) in [5.74, 6) is 0.0125. The number of hydrogen-bond acceptors (Lipinski definition) is 3. The normalized spacial score (nSPS) is 32.4. The average Bonchev–Trinajstić information content (AvgIpc) is 2.62. The Morgan fingerprint density at radius 2 is 2.33 bits per heavy atom. The molecule has 1 aliphatic heterocycles. The number of primary amides is 1. The molecule has 0 saturated carbocycles. The van der Waals surface area contributed by atoms with Crippen LogP contribution in [-0.2, 0) is 18.3 Å². The van der Waals surface area contributed by atoms with Gasteiger partial charge in [-0.2, -0.15) is 5.10 Å². The number of carbonyl (C=O) groups is 1. The van der Waals surface area contributed by atoms with Gasteiger partial charge in [-0.1, -0.05) is 6.92 Å². The number of nitrogens with zero attached hydrogens (tertiary/aromatic N) is 2. The van der Waals surface area contributed by atoms with Crippen molar-refractivity contribution in [1.29, 1.82) is 0 Å². The van der Waals surface area contributed by atoms with E-state index < -0.39 is 0 Å². The summed E-state index contributed by atoms with van der Waals surface area (Å²) >= 11 is 0. The highest BCUT2D eigenvalue weighted by atomic mass is 16.1. The van der Waals surface area contributed by atoms with E-state index in [-0.39, 0.29) is 17.9 Å². The molecule has 0 radical (unpaired) electrons. The van der Waals surface area contributed by atoms with Gasteiger partial charge in [0, 0.05) is 31.7 Å². The number of nitrogens with one attached hydrogen (secondary N) is 1. The van der Waals surface area contributed by atoms with Crippen LogP contribution in [0.5, 0.6) is 0 Å². The molecule has 0 spiro atoms. The predicted molar refractivity (Wildman–Crippen MR) is 69.8 cm³/mol. The Morgan fingerprint density at radius 1 is 1.61 bits per heavy atom. The molecule has 1 saturated heterocycles. The van der Waals surface area contributed by atoms with Gasteiger partial charge in [-0.15, -0.1) is 0 Å². The van der Waals surface area contributed by atoms with Crippen molar-refractivity contribution >= 4 is 5.91 Å². The van der Waals surface area contributed by atoms with Gasteiger partial charge in [-0.3, -0.25) is 9.48 Å². The third kappa shape index (κ3) is 2.72. The Balaban J connectivity index is 2.14. The Kier molecular flexibility index (Phi) is 3.71. The SMILES string of the molecule is CC1CC(C)C(C(N)=O)C(Cc2ccn(C)n2)N1. The van der Waals surface area contributed by atoms with Crippen molar-refractivity contribution in [2.24, 2.45) is 24.6 Å². The maximum absolute atomic E-state index is 11.6. The number of piperidine rings is 1. The minimum Gasteiger partial charge on any atom is -0.369 e. The average molecular weight is 250 g/mol. The Labute approximate surface area is 108 Å². The van der Waals surface area contributed by atoms with E-state index in [4.69, 9.17) is 5.73 Å². The van der Waals surface area contributed by atoms with Crippen molar-refractivity contribution in [3.8, 4) is 0 Å². The van der Waals surface area contributed by atoms with Crippen molar-refractivity contribution in [3.63, 3.8) is 0 Å². The van der Waals surface area contributed by atoms with Gasteiger partial charge >= 0.3 is 0 Å². The molecule has 18 heavy (non-hydrogen) atoms. The number of carbonyl (C=O) groups excluding carboxylic acids is 1. The quantitative estimate of drug-likeness (QED) is 0.818. The minimum atomic E-state index is -0.206. The highest BCUT2D eigenvalue weighted by molar-refractivity contribution is 5.78. The third-order valence-corrected chi connectivity index (χ3v) is 3.80. The zero-order valence-corrected chi connectivity index (χ0v) is 11.3. The lowest BCUT2D eigenvalue weighted by atomic mass is 9.77. The smallest absolute Gasteiger partial charge is 0.222 e. The van der Waals surface area contributed by atoms with Crippen molar-refractivity contribution in [2.75, 3.05) is 0 Å². The van der Waals surface area contributed by atoms with Gasteiger partial charge in [-0.05, 0) is 25.3 Å². The zero-order valence-electron chi connectivity index (χ0n) is 11.3. The molecule has 5 heteroatoms. The summed E-state index contributed by atoms with van der Waals surface area (Å²) in [7, 11) is 1.90. The van der Waals surface area contributed by atoms with E-state index in [1.54, 1.807) is 4.68 Å². The highest BCUT2D eigenvalue weighted by Crippen LogP contribution is 2.27. The first-order valence-electron chi connectivity index (χ1n) is 6.51. The van der Waals surface area contributed by atoms with Gasteiger partial charge in [0.25, 0.3) is 0 Å². The van der Waals surface area contributed by atoms with E-state index >= 15 is 0 Å². The Hall–Kier alpha value is -1.36. The summed E-state index contributed by atoms with van der Waals surface area (Å²) in [4.78, 5) is 11.6. The van der Waals surface area contributed by atoms with E-state index in [0.29, 0.717) is 12.0 Å². The zero-order chi connectivity index (χ0) is 13.3. The molecule has 100 valence electrons. The molecular formula is C13H22N4O.